The summed E-state index contributed by atoms with van der Waals surface area (Å²) < 4.78 is 0. The minimum absolute atomic E-state index is 0.743. The zero-order valence-electron chi connectivity index (χ0n) is 12.5. The van der Waals surface area contributed by atoms with Crippen molar-refractivity contribution in [1.82, 2.24) is 0 Å². The van der Waals surface area contributed by atoms with E-state index >= 15 is 0 Å². The maximum atomic E-state index is 5.86. The lowest BCUT2D eigenvalue weighted by Crippen LogP contribution is -1.86. The molecular weight excluding hydrogens is 276 g/mol. The van der Waals surface area contributed by atoms with Crippen LogP contribution in [0.3, 0.4) is 0 Å². The summed E-state index contributed by atoms with van der Waals surface area (Å²) in [6, 6.07) is 16.2. The highest BCUT2D eigenvalue weighted by Crippen LogP contribution is 2.10. The van der Waals surface area contributed by atoms with Crippen LogP contribution in [0.25, 0.3) is 0 Å². The molecule has 0 nitrogen and oxygen atoms in total. The van der Waals surface area contributed by atoms with Crippen molar-refractivity contribution in [3.05, 3.63) is 70.2 Å². The second kappa shape index (κ2) is 8.55. The highest BCUT2D eigenvalue weighted by Gasteiger charge is 1.94. The van der Waals surface area contributed by atoms with Crippen LogP contribution in [0.5, 0.6) is 0 Å². The SMILES string of the molecule is CCCCCCc1ccc(C#Cc2ccc(Cl)cc2)cc1. The smallest absolute Gasteiger partial charge is 0.0406 e. The molecule has 0 radical (unpaired) electrons. The molecule has 1 heteroatoms. The van der Waals surface area contributed by atoms with Crippen molar-refractivity contribution in [1.29, 1.82) is 0 Å². The molecule has 0 unspecified atom stereocenters. The molecule has 21 heavy (non-hydrogen) atoms. The molecule has 0 N–H and O–H groups in total. The summed E-state index contributed by atoms with van der Waals surface area (Å²) >= 11 is 5.86. The molecule has 0 bridgehead atoms. The van der Waals surface area contributed by atoms with Crippen molar-refractivity contribution in [2.45, 2.75) is 39.0 Å². The number of unbranched alkanes of at least 4 members (excludes halogenated alkanes) is 3. The van der Waals surface area contributed by atoms with E-state index in [2.05, 4.69) is 43.0 Å². The van der Waals surface area contributed by atoms with Gasteiger partial charge >= 0.3 is 0 Å². The van der Waals surface area contributed by atoms with Crippen LogP contribution in [0.15, 0.2) is 48.5 Å². The van der Waals surface area contributed by atoms with Crippen molar-refractivity contribution < 1.29 is 0 Å². The Hall–Kier alpha value is -1.71. The van der Waals surface area contributed by atoms with E-state index in [1.807, 2.05) is 24.3 Å². The second-order valence-corrected chi connectivity index (χ2v) is 5.70. The number of hydrogen-bond acceptors (Lipinski definition) is 0. The van der Waals surface area contributed by atoms with Crippen LogP contribution in [0.1, 0.15) is 49.3 Å². The Morgan fingerprint density at radius 3 is 1.90 bits per heavy atom. The zero-order valence-corrected chi connectivity index (χ0v) is 13.3. The Bertz CT molecular complexity index is 597. The van der Waals surface area contributed by atoms with Crippen LogP contribution in [-0.4, -0.2) is 0 Å². The third-order valence-corrected chi connectivity index (χ3v) is 3.72. The van der Waals surface area contributed by atoms with Crippen molar-refractivity contribution in [3.8, 4) is 11.8 Å². The Kier molecular flexibility index (Phi) is 6.38. The van der Waals surface area contributed by atoms with Gasteiger partial charge in [0.2, 0.25) is 0 Å². The summed E-state index contributed by atoms with van der Waals surface area (Å²) in [6.07, 6.45) is 6.41. The van der Waals surface area contributed by atoms with Crippen LogP contribution in [-0.2, 0) is 6.42 Å². The van der Waals surface area contributed by atoms with Gasteiger partial charge in [-0.25, -0.2) is 0 Å². The Balaban J connectivity index is 1.92. The number of hydrogen-bond donors (Lipinski definition) is 0. The molecule has 0 saturated heterocycles. The molecule has 0 heterocycles. The molecule has 0 aliphatic carbocycles. The summed E-state index contributed by atoms with van der Waals surface area (Å²) in [4.78, 5) is 0. The minimum atomic E-state index is 0.743. The molecule has 0 saturated carbocycles. The lowest BCUT2D eigenvalue weighted by Gasteiger charge is -2.01. The van der Waals surface area contributed by atoms with E-state index in [1.165, 1.54) is 37.7 Å². The molecule has 2 aromatic rings. The van der Waals surface area contributed by atoms with Gasteiger partial charge in [-0.3, -0.25) is 0 Å². The first-order valence-electron chi connectivity index (χ1n) is 7.64. The summed E-state index contributed by atoms with van der Waals surface area (Å²) in [5, 5.41) is 0.743. The molecular formula is C20H21Cl. The highest BCUT2D eigenvalue weighted by molar-refractivity contribution is 6.30. The molecule has 108 valence electrons. The maximum absolute atomic E-state index is 5.86. The summed E-state index contributed by atoms with van der Waals surface area (Å²) in [5.41, 5.74) is 3.45. The molecule has 0 spiro atoms. The van der Waals surface area contributed by atoms with E-state index < -0.39 is 0 Å². The van der Waals surface area contributed by atoms with Gasteiger partial charge in [0.15, 0.2) is 0 Å². The average molecular weight is 297 g/mol. The molecule has 0 aromatic heterocycles. The maximum Gasteiger partial charge on any atom is 0.0406 e. The van der Waals surface area contributed by atoms with E-state index in [-0.39, 0.29) is 0 Å². The fraction of sp³-hybridized carbons (Fsp3) is 0.300. The van der Waals surface area contributed by atoms with E-state index in [0.717, 1.165) is 16.1 Å². The van der Waals surface area contributed by atoms with Gasteiger partial charge < -0.3 is 0 Å². The van der Waals surface area contributed by atoms with Gasteiger partial charge in [-0.15, -0.1) is 0 Å². The largest absolute Gasteiger partial charge is 0.0843 e. The number of halogens is 1. The van der Waals surface area contributed by atoms with Crippen LogP contribution >= 0.6 is 11.6 Å². The average Bonchev–Trinajstić information content (AvgIpc) is 2.52. The molecule has 0 atom stereocenters. The van der Waals surface area contributed by atoms with E-state index in [0.29, 0.717) is 0 Å². The van der Waals surface area contributed by atoms with E-state index in [4.69, 9.17) is 11.6 Å². The van der Waals surface area contributed by atoms with Crippen LogP contribution in [0.2, 0.25) is 5.02 Å². The monoisotopic (exact) mass is 296 g/mol. The van der Waals surface area contributed by atoms with E-state index in [9.17, 15) is 0 Å². The van der Waals surface area contributed by atoms with E-state index in [1.54, 1.807) is 0 Å². The first kappa shape index (κ1) is 15.7. The third kappa shape index (κ3) is 5.66. The normalized spacial score (nSPS) is 10.0. The molecule has 2 aromatic carbocycles. The van der Waals surface area contributed by atoms with Crippen molar-refractivity contribution in [2.75, 3.05) is 0 Å². The molecule has 2 rings (SSSR count). The number of aryl methyl sites for hydroxylation is 1. The van der Waals surface area contributed by atoms with Gasteiger partial charge in [0.1, 0.15) is 0 Å². The lowest BCUT2D eigenvalue weighted by molar-refractivity contribution is 0.667. The van der Waals surface area contributed by atoms with Crippen LogP contribution in [0.4, 0.5) is 0 Å². The number of rotatable bonds is 5. The zero-order chi connectivity index (χ0) is 14.9. The Morgan fingerprint density at radius 1 is 0.762 bits per heavy atom. The third-order valence-electron chi connectivity index (χ3n) is 3.47. The van der Waals surface area contributed by atoms with Gasteiger partial charge in [0.05, 0.1) is 0 Å². The fourth-order valence-corrected chi connectivity index (χ4v) is 2.31. The Labute approximate surface area is 133 Å². The van der Waals surface area contributed by atoms with Gasteiger partial charge in [0, 0.05) is 16.1 Å². The summed E-state index contributed by atoms with van der Waals surface area (Å²) in [6.45, 7) is 2.24. The van der Waals surface area contributed by atoms with Gasteiger partial charge in [-0.2, -0.15) is 0 Å². The summed E-state index contributed by atoms with van der Waals surface area (Å²) in [5.74, 6) is 6.35. The van der Waals surface area contributed by atoms with Crippen molar-refractivity contribution in [3.63, 3.8) is 0 Å². The summed E-state index contributed by atoms with van der Waals surface area (Å²) in [7, 11) is 0. The first-order chi connectivity index (χ1) is 10.3. The van der Waals surface area contributed by atoms with Crippen molar-refractivity contribution in [2.24, 2.45) is 0 Å². The molecule has 0 aliphatic rings. The van der Waals surface area contributed by atoms with Gasteiger partial charge in [0.25, 0.3) is 0 Å². The topological polar surface area (TPSA) is 0 Å². The standard InChI is InChI=1S/C20H21Cl/c1-2-3-4-5-6-17-7-9-18(10-8-17)11-12-19-13-15-20(21)16-14-19/h7-10,13-16H,2-6H2,1H3. The quantitative estimate of drug-likeness (QED) is 0.478. The highest BCUT2D eigenvalue weighted by atomic mass is 35.5. The fourth-order valence-electron chi connectivity index (χ4n) is 2.19. The number of benzene rings is 2. The van der Waals surface area contributed by atoms with Crippen molar-refractivity contribution >= 4 is 11.6 Å². The molecule has 0 fully saturated rings. The Morgan fingerprint density at radius 2 is 1.33 bits per heavy atom. The molecule has 0 amide bonds. The minimum Gasteiger partial charge on any atom is -0.0843 e. The molecule has 0 aliphatic heterocycles. The predicted octanol–water partition coefficient (Wildman–Crippen LogP) is 5.86. The van der Waals surface area contributed by atoms with Crippen LogP contribution in [0, 0.1) is 11.8 Å². The predicted molar refractivity (Wildman–Crippen MR) is 91.7 cm³/mol. The van der Waals surface area contributed by atoms with Gasteiger partial charge in [-0.05, 0) is 54.8 Å². The lowest BCUT2D eigenvalue weighted by atomic mass is 10.0. The first-order valence-corrected chi connectivity index (χ1v) is 8.02. The second-order valence-electron chi connectivity index (χ2n) is 5.26. The van der Waals surface area contributed by atoms with Crippen LogP contribution < -0.4 is 0 Å². The van der Waals surface area contributed by atoms with Gasteiger partial charge in [-0.1, -0.05) is 61.8 Å².